The van der Waals surface area contributed by atoms with Crippen LogP contribution in [0.4, 0.5) is 0 Å². The van der Waals surface area contributed by atoms with Crippen LogP contribution in [0.5, 0.6) is 5.75 Å². The average Bonchev–Trinajstić information content (AvgIpc) is 3.00. The Balaban J connectivity index is 2.23. The molecule has 0 spiro atoms. The Labute approximate surface area is 133 Å². The summed E-state index contributed by atoms with van der Waals surface area (Å²) >= 11 is 0. The molecule has 0 atom stereocenters. The van der Waals surface area contributed by atoms with E-state index in [1.165, 1.54) is 0 Å². The lowest BCUT2D eigenvalue weighted by atomic mass is 10.0. The Morgan fingerprint density at radius 1 is 1.17 bits per heavy atom. The zero-order chi connectivity index (χ0) is 16.6. The van der Waals surface area contributed by atoms with Crippen molar-refractivity contribution in [3.63, 3.8) is 0 Å². The van der Waals surface area contributed by atoms with Crippen molar-refractivity contribution in [3.8, 4) is 17.1 Å². The predicted octanol–water partition coefficient (Wildman–Crippen LogP) is 4.03. The molecule has 0 unspecified atom stereocenters. The molecule has 2 heterocycles. The zero-order valence-corrected chi connectivity index (χ0v) is 13.7. The van der Waals surface area contributed by atoms with Gasteiger partial charge in [-0.3, -0.25) is 0 Å². The lowest BCUT2D eigenvalue weighted by Crippen LogP contribution is -2.06. The highest BCUT2D eigenvalue weighted by atomic mass is 16.5. The van der Waals surface area contributed by atoms with E-state index in [2.05, 4.69) is 12.1 Å². The molecule has 0 amide bonds. The monoisotopic (exact) mass is 313 g/mol. The van der Waals surface area contributed by atoms with Gasteiger partial charge in [0.15, 0.2) is 5.76 Å². The predicted molar refractivity (Wildman–Crippen MR) is 88.0 cm³/mol. The van der Waals surface area contributed by atoms with Gasteiger partial charge in [-0.15, -0.1) is 0 Å². The van der Waals surface area contributed by atoms with Crippen molar-refractivity contribution < 1.29 is 13.7 Å². The summed E-state index contributed by atoms with van der Waals surface area (Å²) in [5, 5.41) is 4.87. The van der Waals surface area contributed by atoms with E-state index in [9.17, 15) is 4.79 Å². The highest BCUT2D eigenvalue weighted by Crippen LogP contribution is 2.34. The summed E-state index contributed by atoms with van der Waals surface area (Å²) < 4.78 is 16.3. The van der Waals surface area contributed by atoms with Crippen molar-refractivity contribution in [2.45, 2.75) is 33.6 Å². The topological polar surface area (TPSA) is 65.5 Å². The summed E-state index contributed by atoms with van der Waals surface area (Å²) in [5.74, 6) is 1.28. The minimum absolute atomic E-state index is 0.335. The maximum absolute atomic E-state index is 11.9. The lowest BCUT2D eigenvalue weighted by Gasteiger charge is -2.10. The summed E-state index contributed by atoms with van der Waals surface area (Å²) in [7, 11) is 1.60. The van der Waals surface area contributed by atoms with Crippen LogP contribution in [0.3, 0.4) is 0 Å². The number of ether oxygens (including phenoxy) is 1. The van der Waals surface area contributed by atoms with Crippen LogP contribution in [0.1, 0.15) is 30.2 Å². The fraction of sp³-hybridized carbons (Fsp3) is 0.333. The second kappa shape index (κ2) is 5.91. The van der Waals surface area contributed by atoms with Crippen LogP contribution in [-0.2, 0) is 6.42 Å². The van der Waals surface area contributed by atoms with Gasteiger partial charge < -0.3 is 13.7 Å². The summed E-state index contributed by atoms with van der Waals surface area (Å²) in [6.07, 6.45) is 1.86. The van der Waals surface area contributed by atoms with Gasteiger partial charge in [-0.05, 0) is 38.0 Å². The molecule has 0 saturated heterocycles. The van der Waals surface area contributed by atoms with Crippen LogP contribution in [0.25, 0.3) is 22.3 Å². The number of rotatable bonds is 4. The van der Waals surface area contributed by atoms with E-state index >= 15 is 0 Å². The summed E-state index contributed by atoms with van der Waals surface area (Å²) in [5.41, 5.74) is 3.29. The van der Waals surface area contributed by atoms with Crippen molar-refractivity contribution in [2.24, 2.45) is 0 Å². The number of fused-ring (bicyclic) bond motifs is 1. The Kier molecular flexibility index (Phi) is 3.94. The van der Waals surface area contributed by atoms with E-state index in [0.29, 0.717) is 22.7 Å². The Morgan fingerprint density at radius 2 is 1.96 bits per heavy atom. The molecule has 5 heteroatoms. The molecular weight excluding hydrogens is 294 g/mol. The number of benzene rings is 1. The van der Waals surface area contributed by atoms with Crippen LogP contribution in [0, 0.1) is 13.8 Å². The quantitative estimate of drug-likeness (QED) is 0.680. The number of aromatic nitrogens is 1. The molecule has 0 saturated carbocycles. The summed E-state index contributed by atoms with van der Waals surface area (Å²) in [6.45, 7) is 5.74. The molecule has 1 aromatic carbocycles. The summed E-state index contributed by atoms with van der Waals surface area (Å²) in [6, 6.07) is 5.58. The molecule has 3 aromatic rings. The molecule has 120 valence electrons. The zero-order valence-electron chi connectivity index (χ0n) is 13.7. The van der Waals surface area contributed by atoms with Gasteiger partial charge >= 0.3 is 5.63 Å². The van der Waals surface area contributed by atoms with Gasteiger partial charge in [0.1, 0.15) is 11.3 Å². The first-order valence-corrected chi connectivity index (χ1v) is 7.63. The minimum Gasteiger partial charge on any atom is -0.496 e. The first-order chi connectivity index (χ1) is 11.0. The average molecular weight is 313 g/mol. The van der Waals surface area contributed by atoms with Gasteiger partial charge in [-0.1, -0.05) is 18.5 Å². The highest BCUT2D eigenvalue weighted by Gasteiger charge is 2.16. The molecule has 0 fully saturated rings. The first kappa shape index (κ1) is 15.3. The number of nitrogens with zero attached hydrogens (tertiary/aromatic N) is 1. The number of hydrogen-bond donors (Lipinski definition) is 0. The van der Waals surface area contributed by atoms with Gasteiger partial charge in [0, 0.05) is 17.2 Å². The molecule has 23 heavy (non-hydrogen) atoms. The van der Waals surface area contributed by atoms with Crippen LogP contribution in [0.2, 0.25) is 0 Å². The molecular formula is C18H19NO4. The van der Waals surface area contributed by atoms with Gasteiger partial charge in [-0.25, -0.2) is 4.79 Å². The van der Waals surface area contributed by atoms with Crippen LogP contribution >= 0.6 is 0 Å². The van der Waals surface area contributed by atoms with E-state index in [1.807, 2.05) is 19.1 Å². The van der Waals surface area contributed by atoms with Crippen LogP contribution < -0.4 is 10.4 Å². The highest BCUT2D eigenvalue weighted by molar-refractivity contribution is 5.91. The van der Waals surface area contributed by atoms with Gasteiger partial charge in [0.25, 0.3) is 0 Å². The molecule has 0 radical (unpaired) electrons. The Bertz CT molecular complexity index is 921. The number of aryl methyl sites for hydroxylation is 2. The largest absolute Gasteiger partial charge is 0.496 e. The smallest absolute Gasteiger partial charge is 0.339 e. The molecule has 0 aliphatic carbocycles. The van der Waals surface area contributed by atoms with Crippen molar-refractivity contribution in [3.05, 3.63) is 45.4 Å². The SMILES string of the molecule is CCCc1cc(-c2cc(OC)c3c(C)c(C)c(=O)oc3c2)on1. The third-order valence-electron chi connectivity index (χ3n) is 4.08. The summed E-state index contributed by atoms with van der Waals surface area (Å²) in [4.78, 5) is 11.9. The Morgan fingerprint density at radius 3 is 2.65 bits per heavy atom. The second-order valence-corrected chi connectivity index (χ2v) is 5.62. The Hall–Kier alpha value is -2.56. The third-order valence-corrected chi connectivity index (χ3v) is 4.08. The molecule has 0 N–H and O–H groups in total. The maximum Gasteiger partial charge on any atom is 0.339 e. The lowest BCUT2D eigenvalue weighted by molar-refractivity contribution is 0.415. The molecule has 0 aliphatic rings. The van der Waals surface area contributed by atoms with Gasteiger partial charge in [0.05, 0.1) is 18.2 Å². The molecule has 2 aromatic heterocycles. The van der Waals surface area contributed by atoms with Crippen LogP contribution in [-0.4, -0.2) is 12.3 Å². The fourth-order valence-electron chi connectivity index (χ4n) is 2.68. The van der Waals surface area contributed by atoms with Gasteiger partial charge in [0.2, 0.25) is 0 Å². The van der Waals surface area contributed by atoms with E-state index in [1.54, 1.807) is 20.1 Å². The molecule has 3 rings (SSSR count). The standard InChI is InChI=1S/C18H19NO4/c1-5-6-13-9-14(23-19-13)12-7-15(21-4)17-10(2)11(3)18(20)22-16(17)8-12/h7-9H,5-6H2,1-4H3. The third kappa shape index (κ3) is 2.63. The van der Waals surface area contributed by atoms with E-state index in [4.69, 9.17) is 13.7 Å². The second-order valence-electron chi connectivity index (χ2n) is 5.62. The number of methoxy groups -OCH3 is 1. The van der Waals surface area contributed by atoms with E-state index in [0.717, 1.165) is 35.0 Å². The number of hydrogen-bond acceptors (Lipinski definition) is 5. The van der Waals surface area contributed by atoms with E-state index < -0.39 is 0 Å². The molecule has 0 aliphatic heterocycles. The van der Waals surface area contributed by atoms with Crippen molar-refractivity contribution in [2.75, 3.05) is 7.11 Å². The van der Waals surface area contributed by atoms with Crippen molar-refractivity contribution in [1.29, 1.82) is 0 Å². The minimum atomic E-state index is -0.335. The normalized spacial score (nSPS) is 11.1. The maximum atomic E-state index is 11.9. The first-order valence-electron chi connectivity index (χ1n) is 7.63. The fourth-order valence-corrected chi connectivity index (χ4v) is 2.68. The van der Waals surface area contributed by atoms with Crippen molar-refractivity contribution in [1.82, 2.24) is 5.16 Å². The van der Waals surface area contributed by atoms with Crippen LogP contribution in [0.15, 0.2) is 31.9 Å². The van der Waals surface area contributed by atoms with Crippen molar-refractivity contribution >= 4 is 11.0 Å². The molecule has 5 nitrogen and oxygen atoms in total. The van der Waals surface area contributed by atoms with Gasteiger partial charge in [-0.2, -0.15) is 0 Å². The molecule has 0 bridgehead atoms. The van der Waals surface area contributed by atoms with E-state index in [-0.39, 0.29) is 5.63 Å².